The average molecular weight is 238 g/mol. The molecule has 0 saturated heterocycles. The molecule has 2 unspecified atom stereocenters. The van der Waals surface area contributed by atoms with Gasteiger partial charge in [0, 0.05) is 6.42 Å². The highest BCUT2D eigenvalue weighted by Gasteiger charge is 2.45. The highest BCUT2D eigenvalue weighted by molar-refractivity contribution is 5.75. The highest BCUT2D eigenvalue weighted by atomic mass is 16.4. The molecule has 94 valence electrons. The summed E-state index contributed by atoms with van der Waals surface area (Å²) < 4.78 is 0. The summed E-state index contributed by atoms with van der Waals surface area (Å²) in [6, 6.07) is 0. The van der Waals surface area contributed by atoms with E-state index in [9.17, 15) is 9.90 Å². The molecule has 2 atom stereocenters. The van der Waals surface area contributed by atoms with Crippen LogP contribution in [0.1, 0.15) is 38.4 Å². The number of aromatic nitrogens is 4. The van der Waals surface area contributed by atoms with Gasteiger partial charge in [-0.1, -0.05) is 13.3 Å². The minimum atomic E-state index is -0.721. The number of carbonyl (C=O) groups is 1. The zero-order valence-electron chi connectivity index (χ0n) is 10.3. The molecule has 1 aromatic heterocycles. The van der Waals surface area contributed by atoms with Crippen LogP contribution in [0.4, 0.5) is 0 Å². The van der Waals surface area contributed by atoms with Gasteiger partial charge in [0.15, 0.2) is 5.82 Å². The Labute approximate surface area is 100 Å². The van der Waals surface area contributed by atoms with Crippen LogP contribution < -0.4 is 0 Å². The fourth-order valence-corrected chi connectivity index (χ4v) is 2.71. The molecule has 17 heavy (non-hydrogen) atoms. The second kappa shape index (κ2) is 4.43. The smallest absolute Gasteiger partial charge is 0.310 e. The molecule has 0 radical (unpaired) electrons. The maximum Gasteiger partial charge on any atom is 0.310 e. The van der Waals surface area contributed by atoms with Crippen molar-refractivity contribution in [2.45, 2.75) is 39.0 Å². The molecule has 0 spiro atoms. The second-order valence-electron chi connectivity index (χ2n) is 4.97. The van der Waals surface area contributed by atoms with E-state index in [2.05, 4.69) is 22.3 Å². The van der Waals surface area contributed by atoms with Gasteiger partial charge in [-0.05, 0) is 30.4 Å². The first-order valence-corrected chi connectivity index (χ1v) is 6.02. The number of hydrogen-bond donors (Lipinski definition) is 1. The van der Waals surface area contributed by atoms with Crippen molar-refractivity contribution in [2.24, 2.45) is 18.4 Å². The fourth-order valence-electron chi connectivity index (χ4n) is 2.71. The SMILES string of the molecule is CCC1CCC(Cc2nnn(C)n2)(C(=O)O)C1. The average Bonchev–Trinajstić information content (AvgIpc) is 2.87. The summed E-state index contributed by atoms with van der Waals surface area (Å²) in [5, 5.41) is 21.2. The molecule has 1 fully saturated rings. The summed E-state index contributed by atoms with van der Waals surface area (Å²) in [4.78, 5) is 12.9. The molecule has 1 heterocycles. The van der Waals surface area contributed by atoms with E-state index < -0.39 is 11.4 Å². The van der Waals surface area contributed by atoms with Crippen molar-refractivity contribution in [1.82, 2.24) is 20.2 Å². The Morgan fingerprint density at radius 2 is 2.41 bits per heavy atom. The molecular formula is C11H18N4O2. The third kappa shape index (κ3) is 2.30. The molecule has 0 aliphatic heterocycles. The molecule has 6 heteroatoms. The van der Waals surface area contributed by atoms with Gasteiger partial charge in [0.25, 0.3) is 0 Å². The van der Waals surface area contributed by atoms with E-state index >= 15 is 0 Å². The van der Waals surface area contributed by atoms with Gasteiger partial charge in [-0.3, -0.25) is 4.79 Å². The summed E-state index contributed by atoms with van der Waals surface area (Å²) in [5.41, 5.74) is -0.677. The van der Waals surface area contributed by atoms with E-state index in [0.717, 1.165) is 25.7 Å². The number of hydrogen-bond acceptors (Lipinski definition) is 4. The Morgan fingerprint density at radius 3 is 2.88 bits per heavy atom. The van der Waals surface area contributed by atoms with E-state index in [1.165, 1.54) is 4.80 Å². The van der Waals surface area contributed by atoms with Crippen molar-refractivity contribution in [3.63, 3.8) is 0 Å². The highest BCUT2D eigenvalue weighted by Crippen LogP contribution is 2.45. The molecule has 0 amide bonds. The van der Waals surface area contributed by atoms with E-state index in [0.29, 0.717) is 18.2 Å². The van der Waals surface area contributed by atoms with Gasteiger partial charge >= 0.3 is 5.97 Å². The number of tetrazole rings is 1. The normalized spacial score (nSPS) is 28.5. The molecule has 0 aromatic carbocycles. The lowest BCUT2D eigenvalue weighted by Crippen LogP contribution is -2.31. The molecule has 1 aromatic rings. The number of nitrogens with zero attached hydrogens (tertiary/aromatic N) is 4. The predicted octanol–water partition coefficient (Wildman–Crippen LogP) is 1.03. The lowest BCUT2D eigenvalue weighted by Gasteiger charge is -2.22. The van der Waals surface area contributed by atoms with E-state index in [1.807, 2.05) is 0 Å². The van der Waals surface area contributed by atoms with Crippen LogP contribution in [0.25, 0.3) is 0 Å². The monoisotopic (exact) mass is 238 g/mol. The maximum atomic E-state index is 11.5. The van der Waals surface area contributed by atoms with E-state index in [1.54, 1.807) is 7.05 Å². The first-order chi connectivity index (χ1) is 8.05. The Kier molecular flexibility index (Phi) is 3.13. The first kappa shape index (κ1) is 12.0. The minimum absolute atomic E-state index is 0.396. The number of aliphatic carboxylic acids is 1. The summed E-state index contributed by atoms with van der Waals surface area (Å²) in [6.45, 7) is 2.11. The quantitative estimate of drug-likeness (QED) is 0.847. The third-order valence-electron chi connectivity index (χ3n) is 3.79. The van der Waals surface area contributed by atoms with Crippen LogP contribution >= 0.6 is 0 Å². The molecule has 1 aliphatic carbocycles. The summed E-state index contributed by atoms with van der Waals surface area (Å²) in [5.74, 6) is 0.329. The summed E-state index contributed by atoms with van der Waals surface area (Å²) in [6.07, 6.45) is 3.88. The van der Waals surface area contributed by atoms with Crippen LogP contribution in [0.2, 0.25) is 0 Å². The number of carboxylic acid groups (broad SMARTS) is 1. The molecule has 2 rings (SSSR count). The molecule has 6 nitrogen and oxygen atoms in total. The molecule has 1 saturated carbocycles. The van der Waals surface area contributed by atoms with Gasteiger partial charge in [0.05, 0.1) is 12.5 Å². The number of rotatable bonds is 4. The topological polar surface area (TPSA) is 80.9 Å². The lowest BCUT2D eigenvalue weighted by atomic mass is 9.81. The summed E-state index contributed by atoms with van der Waals surface area (Å²) in [7, 11) is 1.69. The van der Waals surface area contributed by atoms with Crippen LogP contribution in [0, 0.1) is 11.3 Å². The maximum absolute atomic E-state index is 11.5. The first-order valence-electron chi connectivity index (χ1n) is 6.02. The van der Waals surface area contributed by atoms with Crippen molar-refractivity contribution in [1.29, 1.82) is 0 Å². The Bertz CT molecular complexity index is 417. The second-order valence-corrected chi connectivity index (χ2v) is 4.97. The van der Waals surface area contributed by atoms with Crippen molar-refractivity contribution >= 4 is 5.97 Å². The van der Waals surface area contributed by atoms with Crippen LogP contribution in [-0.2, 0) is 18.3 Å². The molecular weight excluding hydrogens is 220 g/mol. The Balaban J connectivity index is 2.16. The number of carboxylic acids is 1. The van der Waals surface area contributed by atoms with Gasteiger partial charge < -0.3 is 5.11 Å². The van der Waals surface area contributed by atoms with Crippen LogP contribution in [0.5, 0.6) is 0 Å². The van der Waals surface area contributed by atoms with Gasteiger partial charge in [-0.2, -0.15) is 4.80 Å². The molecule has 0 bridgehead atoms. The van der Waals surface area contributed by atoms with E-state index in [-0.39, 0.29) is 0 Å². The lowest BCUT2D eigenvalue weighted by molar-refractivity contribution is -0.148. The van der Waals surface area contributed by atoms with Gasteiger partial charge in [0.2, 0.25) is 0 Å². The van der Waals surface area contributed by atoms with Gasteiger partial charge in [-0.25, -0.2) is 0 Å². The van der Waals surface area contributed by atoms with Crippen molar-refractivity contribution in [3.05, 3.63) is 5.82 Å². The van der Waals surface area contributed by atoms with Crippen LogP contribution in [0.3, 0.4) is 0 Å². The Hall–Kier alpha value is -1.46. The molecule has 1 aliphatic rings. The summed E-state index contributed by atoms with van der Waals surface area (Å²) >= 11 is 0. The minimum Gasteiger partial charge on any atom is -0.481 e. The predicted molar refractivity (Wildman–Crippen MR) is 60.2 cm³/mol. The number of aryl methyl sites for hydroxylation is 1. The zero-order chi connectivity index (χ0) is 12.5. The van der Waals surface area contributed by atoms with E-state index in [4.69, 9.17) is 0 Å². The molecule has 1 N–H and O–H groups in total. The Morgan fingerprint density at radius 1 is 1.65 bits per heavy atom. The fraction of sp³-hybridized carbons (Fsp3) is 0.818. The van der Waals surface area contributed by atoms with Crippen LogP contribution in [0.15, 0.2) is 0 Å². The van der Waals surface area contributed by atoms with Gasteiger partial charge in [-0.15, -0.1) is 10.2 Å². The van der Waals surface area contributed by atoms with Crippen molar-refractivity contribution < 1.29 is 9.90 Å². The van der Waals surface area contributed by atoms with Gasteiger partial charge in [0.1, 0.15) is 0 Å². The van der Waals surface area contributed by atoms with Crippen molar-refractivity contribution in [2.75, 3.05) is 0 Å². The van der Waals surface area contributed by atoms with Crippen LogP contribution in [-0.4, -0.2) is 31.3 Å². The largest absolute Gasteiger partial charge is 0.481 e. The zero-order valence-corrected chi connectivity index (χ0v) is 10.3. The standard InChI is InChI=1S/C11H18N4O2/c1-3-8-4-5-11(6-8,10(16)17)7-9-12-14-15(2)13-9/h8H,3-7H2,1-2H3,(H,16,17). The van der Waals surface area contributed by atoms with Crippen molar-refractivity contribution in [3.8, 4) is 0 Å². The third-order valence-corrected chi connectivity index (χ3v) is 3.79.